The lowest BCUT2D eigenvalue weighted by Gasteiger charge is -2.13. The first-order chi connectivity index (χ1) is 7.04. The van der Waals surface area contributed by atoms with Crippen molar-refractivity contribution in [3.63, 3.8) is 0 Å². The molecule has 1 aromatic carbocycles. The Morgan fingerprint density at radius 1 is 1.53 bits per heavy atom. The molecule has 0 heterocycles. The molecule has 82 valence electrons. The molecule has 1 unspecified atom stereocenters. The number of nitrogen functional groups attached to an aromatic ring is 1. The van der Waals surface area contributed by atoms with E-state index >= 15 is 0 Å². The Morgan fingerprint density at radius 2 is 2.20 bits per heavy atom. The predicted octanol–water partition coefficient (Wildman–Crippen LogP) is 1.13. The maximum atomic E-state index is 10.6. The van der Waals surface area contributed by atoms with Gasteiger partial charge >= 0.3 is 5.97 Å². The lowest BCUT2D eigenvalue weighted by atomic mass is 10.2. The molecule has 0 fully saturated rings. The van der Waals surface area contributed by atoms with Gasteiger partial charge in [-0.05, 0) is 19.1 Å². The van der Waals surface area contributed by atoms with Crippen LogP contribution < -0.4 is 15.2 Å². The summed E-state index contributed by atoms with van der Waals surface area (Å²) in [6.07, 6.45) is -0.945. The minimum absolute atomic E-state index is 0.309. The third-order valence-corrected chi connectivity index (χ3v) is 1.87. The van der Waals surface area contributed by atoms with Crippen LogP contribution in [0.4, 0.5) is 5.69 Å². The molecule has 0 aromatic heterocycles. The van der Waals surface area contributed by atoms with E-state index in [4.69, 9.17) is 20.3 Å². The predicted molar refractivity (Wildman–Crippen MR) is 55.1 cm³/mol. The normalized spacial score (nSPS) is 11.9. The fourth-order valence-corrected chi connectivity index (χ4v) is 0.985. The van der Waals surface area contributed by atoms with Crippen LogP contribution >= 0.6 is 0 Å². The fourth-order valence-electron chi connectivity index (χ4n) is 0.985. The molecule has 5 heteroatoms. The summed E-state index contributed by atoms with van der Waals surface area (Å²) in [5.74, 6) is -0.168. The molecule has 0 aliphatic heterocycles. The van der Waals surface area contributed by atoms with Gasteiger partial charge in [0.25, 0.3) is 0 Å². The summed E-state index contributed by atoms with van der Waals surface area (Å²) in [5, 5.41) is 8.66. The van der Waals surface area contributed by atoms with Crippen LogP contribution in [0.5, 0.6) is 11.5 Å². The minimum atomic E-state index is -1.04. The van der Waals surface area contributed by atoms with Gasteiger partial charge in [-0.25, -0.2) is 4.79 Å². The fraction of sp³-hybridized carbons (Fsp3) is 0.300. The number of hydrogen-bond donors (Lipinski definition) is 2. The maximum Gasteiger partial charge on any atom is 0.344 e. The van der Waals surface area contributed by atoms with Crippen molar-refractivity contribution in [3.05, 3.63) is 18.2 Å². The molecule has 1 rings (SSSR count). The highest BCUT2D eigenvalue weighted by atomic mass is 16.5. The quantitative estimate of drug-likeness (QED) is 0.729. The topological polar surface area (TPSA) is 81.8 Å². The lowest BCUT2D eigenvalue weighted by Crippen LogP contribution is -2.23. The van der Waals surface area contributed by atoms with E-state index in [1.54, 1.807) is 18.2 Å². The van der Waals surface area contributed by atoms with Crippen LogP contribution in [0.15, 0.2) is 18.2 Å². The van der Waals surface area contributed by atoms with Crippen LogP contribution in [0.2, 0.25) is 0 Å². The van der Waals surface area contributed by atoms with E-state index in [1.807, 2.05) is 0 Å². The first-order valence-electron chi connectivity index (χ1n) is 4.37. The zero-order valence-corrected chi connectivity index (χ0v) is 8.56. The number of benzene rings is 1. The van der Waals surface area contributed by atoms with Gasteiger partial charge in [0.1, 0.15) is 11.5 Å². The zero-order chi connectivity index (χ0) is 11.4. The van der Waals surface area contributed by atoms with E-state index < -0.39 is 12.1 Å². The van der Waals surface area contributed by atoms with Crippen molar-refractivity contribution in [3.8, 4) is 11.5 Å². The first kappa shape index (κ1) is 11.2. The molecule has 1 atom stereocenters. The van der Waals surface area contributed by atoms with Crippen molar-refractivity contribution < 1.29 is 19.4 Å². The number of rotatable bonds is 4. The Balaban J connectivity index is 2.88. The summed E-state index contributed by atoms with van der Waals surface area (Å²) in [4.78, 5) is 10.6. The molecule has 1 aromatic rings. The van der Waals surface area contributed by atoms with Crippen LogP contribution in [0.3, 0.4) is 0 Å². The second-order valence-electron chi connectivity index (χ2n) is 3.00. The van der Waals surface area contributed by atoms with Crippen molar-refractivity contribution in [2.45, 2.75) is 13.0 Å². The molecule has 0 spiro atoms. The second-order valence-corrected chi connectivity index (χ2v) is 3.00. The van der Waals surface area contributed by atoms with E-state index in [9.17, 15) is 4.79 Å². The van der Waals surface area contributed by atoms with E-state index in [1.165, 1.54) is 14.0 Å². The largest absolute Gasteiger partial charge is 0.497 e. The highest BCUT2D eigenvalue weighted by molar-refractivity contribution is 5.72. The average Bonchev–Trinajstić information content (AvgIpc) is 2.21. The molecule has 0 aliphatic rings. The number of methoxy groups -OCH3 is 1. The number of nitrogens with two attached hydrogens (primary N) is 1. The number of anilines is 1. The van der Waals surface area contributed by atoms with Crippen LogP contribution in [0.1, 0.15) is 6.92 Å². The van der Waals surface area contributed by atoms with Crippen LogP contribution in [-0.2, 0) is 4.79 Å². The van der Waals surface area contributed by atoms with E-state index in [0.29, 0.717) is 17.2 Å². The summed E-state index contributed by atoms with van der Waals surface area (Å²) < 4.78 is 10.1. The molecule has 0 saturated carbocycles. The smallest absolute Gasteiger partial charge is 0.344 e. The summed E-state index contributed by atoms with van der Waals surface area (Å²) in [5.41, 5.74) is 6.00. The summed E-state index contributed by atoms with van der Waals surface area (Å²) in [6.45, 7) is 1.43. The van der Waals surface area contributed by atoms with Crippen LogP contribution in [-0.4, -0.2) is 24.3 Å². The minimum Gasteiger partial charge on any atom is -0.497 e. The molecule has 15 heavy (non-hydrogen) atoms. The van der Waals surface area contributed by atoms with Gasteiger partial charge in [-0.1, -0.05) is 0 Å². The molecule has 3 N–H and O–H groups in total. The molecule has 0 radical (unpaired) electrons. The number of aliphatic carboxylic acids is 1. The van der Waals surface area contributed by atoms with E-state index in [2.05, 4.69) is 0 Å². The highest BCUT2D eigenvalue weighted by Crippen LogP contribution is 2.27. The summed E-state index contributed by atoms with van der Waals surface area (Å²) in [6, 6.07) is 4.82. The molecule has 0 aliphatic carbocycles. The molecule has 0 amide bonds. The second kappa shape index (κ2) is 4.54. The van der Waals surface area contributed by atoms with Gasteiger partial charge in [0.15, 0.2) is 6.10 Å². The summed E-state index contributed by atoms with van der Waals surface area (Å²) in [7, 11) is 1.51. The Bertz CT molecular complexity index is 364. The van der Waals surface area contributed by atoms with Gasteiger partial charge in [0.2, 0.25) is 0 Å². The van der Waals surface area contributed by atoms with E-state index in [0.717, 1.165) is 0 Å². The monoisotopic (exact) mass is 211 g/mol. The first-order valence-corrected chi connectivity index (χ1v) is 4.37. The number of carboxylic acid groups (broad SMARTS) is 1. The van der Waals surface area contributed by atoms with Gasteiger partial charge in [-0.2, -0.15) is 0 Å². The van der Waals surface area contributed by atoms with Gasteiger partial charge in [-0.15, -0.1) is 0 Å². The lowest BCUT2D eigenvalue weighted by molar-refractivity contribution is -0.144. The van der Waals surface area contributed by atoms with E-state index in [-0.39, 0.29) is 0 Å². The Kier molecular flexibility index (Phi) is 3.38. The molecular formula is C10H13NO4. The van der Waals surface area contributed by atoms with Crippen LogP contribution in [0, 0.1) is 0 Å². The Labute approximate surface area is 87.4 Å². The van der Waals surface area contributed by atoms with Crippen molar-refractivity contribution >= 4 is 11.7 Å². The Hall–Kier alpha value is -1.91. The van der Waals surface area contributed by atoms with Crippen molar-refractivity contribution in [1.29, 1.82) is 0 Å². The number of ether oxygens (including phenoxy) is 2. The molecule has 0 saturated heterocycles. The highest BCUT2D eigenvalue weighted by Gasteiger charge is 2.14. The average molecular weight is 211 g/mol. The third kappa shape index (κ3) is 2.77. The number of hydrogen-bond acceptors (Lipinski definition) is 4. The van der Waals surface area contributed by atoms with Gasteiger partial charge in [0, 0.05) is 6.07 Å². The van der Waals surface area contributed by atoms with Crippen LogP contribution in [0.25, 0.3) is 0 Å². The van der Waals surface area contributed by atoms with Gasteiger partial charge in [-0.3, -0.25) is 0 Å². The summed E-state index contributed by atoms with van der Waals surface area (Å²) >= 11 is 0. The van der Waals surface area contributed by atoms with Gasteiger partial charge in [0.05, 0.1) is 12.8 Å². The molecule has 5 nitrogen and oxygen atoms in total. The molecular weight excluding hydrogens is 198 g/mol. The zero-order valence-electron chi connectivity index (χ0n) is 8.56. The van der Waals surface area contributed by atoms with Crippen molar-refractivity contribution in [2.75, 3.05) is 12.8 Å². The Morgan fingerprint density at radius 3 is 2.73 bits per heavy atom. The number of carbonyl (C=O) groups is 1. The molecule has 0 bridgehead atoms. The maximum absolute atomic E-state index is 10.6. The van der Waals surface area contributed by atoms with Gasteiger partial charge < -0.3 is 20.3 Å². The van der Waals surface area contributed by atoms with Crippen molar-refractivity contribution in [2.24, 2.45) is 0 Å². The SMILES string of the molecule is COc1ccc(N)c(OC(C)C(=O)O)c1. The standard InChI is InChI=1S/C10H13NO4/c1-6(10(12)13)15-9-5-7(14-2)3-4-8(9)11/h3-6H,11H2,1-2H3,(H,12,13). The number of carboxylic acids is 1. The third-order valence-electron chi connectivity index (χ3n) is 1.87. The van der Waals surface area contributed by atoms with Crippen molar-refractivity contribution in [1.82, 2.24) is 0 Å².